The fourth-order valence-corrected chi connectivity index (χ4v) is 3.63. The predicted octanol–water partition coefficient (Wildman–Crippen LogP) is 3.90. The SMILES string of the molecule is CCc1nc2c(cnn2CC)c(NC2CCOCC2)c1C(C)(C)C. The van der Waals surface area contributed by atoms with E-state index in [2.05, 4.69) is 45.0 Å². The number of nitrogens with zero attached hydrogens (tertiary/aromatic N) is 3. The van der Waals surface area contributed by atoms with E-state index in [1.54, 1.807) is 0 Å². The minimum atomic E-state index is 0.0361. The van der Waals surface area contributed by atoms with Gasteiger partial charge in [0.15, 0.2) is 5.65 Å². The van der Waals surface area contributed by atoms with E-state index in [1.165, 1.54) is 16.9 Å². The van der Waals surface area contributed by atoms with Crippen molar-refractivity contribution in [2.24, 2.45) is 0 Å². The van der Waals surface area contributed by atoms with Crippen LogP contribution in [0.4, 0.5) is 5.69 Å². The third kappa shape index (κ3) is 3.14. The van der Waals surface area contributed by atoms with Gasteiger partial charge in [-0.15, -0.1) is 0 Å². The van der Waals surface area contributed by atoms with Gasteiger partial charge in [-0.2, -0.15) is 5.10 Å². The van der Waals surface area contributed by atoms with Crippen LogP contribution in [0, 0.1) is 0 Å². The summed E-state index contributed by atoms with van der Waals surface area (Å²) < 4.78 is 7.52. The number of fused-ring (bicyclic) bond motifs is 1. The second-order valence-electron chi connectivity index (χ2n) is 7.64. The average molecular weight is 330 g/mol. The van der Waals surface area contributed by atoms with Gasteiger partial charge in [-0.05, 0) is 31.6 Å². The lowest BCUT2D eigenvalue weighted by molar-refractivity contribution is 0.0904. The molecule has 0 bridgehead atoms. The van der Waals surface area contributed by atoms with Crippen molar-refractivity contribution in [3.8, 4) is 0 Å². The standard InChI is InChI=1S/C19H30N4O/c1-6-15-16(19(3,4)5)17(21-13-8-10-24-11-9-13)14-12-20-23(7-2)18(14)22-15/h12-13H,6-11H2,1-5H3,(H,21,22). The Morgan fingerprint density at radius 3 is 2.54 bits per heavy atom. The summed E-state index contributed by atoms with van der Waals surface area (Å²) >= 11 is 0. The molecule has 5 heteroatoms. The molecule has 0 saturated carbocycles. The van der Waals surface area contributed by atoms with Crippen LogP contribution >= 0.6 is 0 Å². The van der Waals surface area contributed by atoms with Gasteiger partial charge in [-0.3, -0.25) is 0 Å². The Hall–Kier alpha value is -1.62. The maximum absolute atomic E-state index is 5.52. The van der Waals surface area contributed by atoms with Crippen LogP contribution in [0.25, 0.3) is 11.0 Å². The van der Waals surface area contributed by atoms with Crippen LogP contribution in [0.3, 0.4) is 0 Å². The number of hydrogen-bond acceptors (Lipinski definition) is 4. The second-order valence-corrected chi connectivity index (χ2v) is 7.64. The Labute approximate surface area is 144 Å². The van der Waals surface area contributed by atoms with Crippen LogP contribution in [0.2, 0.25) is 0 Å². The summed E-state index contributed by atoms with van der Waals surface area (Å²) in [5.41, 5.74) is 4.78. The molecule has 1 fully saturated rings. The zero-order valence-electron chi connectivity index (χ0n) is 15.6. The third-order valence-electron chi connectivity index (χ3n) is 4.81. The lowest BCUT2D eigenvalue weighted by atomic mass is 9.83. The first-order chi connectivity index (χ1) is 11.5. The zero-order valence-corrected chi connectivity index (χ0v) is 15.6. The minimum Gasteiger partial charge on any atom is -0.381 e. The zero-order chi connectivity index (χ0) is 17.3. The molecule has 0 unspecified atom stereocenters. The summed E-state index contributed by atoms with van der Waals surface area (Å²) in [7, 11) is 0. The number of hydrogen-bond donors (Lipinski definition) is 1. The van der Waals surface area contributed by atoms with Gasteiger partial charge in [0.2, 0.25) is 0 Å². The Morgan fingerprint density at radius 1 is 1.25 bits per heavy atom. The van der Waals surface area contributed by atoms with Crippen molar-refractivity contribution in [2.45, 2.75) is 71.9 Å². The maximum Gasteiger partial charge on any atom is 0.160 e. The third-order valence-corrected chi connectivity index (χ3v) is 4.81. The number of rotatable bonds is 4. The van der Waals surface area contributed by atoms with Crippen molar-refractivity contribution in [2.75, 3.05) is 18.5 Å². The van der Waals surface area contributed by atoms with Gasteiger partial charge in [-0.25, -0.2) is 9.67 Å². The topological polar surface area (TPSA) is 52.0 Å². The fourth-order valence-electron chi connectivity index (χ4n) is 3.63. The minimum absolute atomic E-state index is 0.0361. The highest BCUT2D eigenvalue weighted by atomic mass is 16.5. The van der Waals surface area contributed by atoms with Crippen molar-refractivity contribution in [1.82, 2.24) is 14.8 Å². The van der Waals surface area contributed by atoms with Crippen LogP contribution in [-0.4, -0.2) is 34.0 Å². The summed E-state index contributed by atoms with van der Waals surface area (Å²) in [6.07, 6.45) is 5.01. The van der Waals surface area contributed by atoms with E-state index < -0.39 is 0 Å². The summed E-state index contributed by atoms with van der Waals surface area (Å²) in [6.45, 7) is 13.6. The lowest BCUT2D eigenvalue weighted by Gasteiger charge is -2.30. The van der Waals surface area contributed by atoms with E-state index >= 15 is 0 Å². The average Bonchev–Trinajstić information content (AvgIpc) is 2.97. The summed E-state index contributed by atoms with van der Waals surface area (Å²) in [5, 5.41) is 9.54. The summed E-state index contributed by atoms with van der Waals surface area (Å²) in [4.78, 5) is 4.98. The molecule has 0 amide bonds. The molecule has 1 aliphatic heterocycles. The molecule has 2 aromatic heterocycles. The molecule has 24 heavy (non-hydrogen) atoms. The Balaban J connectivity index is 2.18. The maximum atomic E-state index is 5.52. The number of ether oxygens (including phenoxy) is 1. The molecule has 5 nitrogen and oxygen atoms in total. The second kappa shape index (κ2) is 6.71. The lowest BCUT2D eigenvalue weighted by Crippen LogP contribution is -2.30. The van der Waals surface area contributed by atoms with E-state index in [-0.39, 0.29) is 5.41 Å². The first-order valence-corrected chi connectivity index (χ1v) is 9.18. The molecule has 0 atom stereocenters. The van der Waals surface area contributed by atoms with Gasteiger partial charge in [0.25, 0.3) is 0 Å². The van der Waals surface area contributed by atoms with Crippen LogP contribution in [-0.2, 0) is 23.1 Å². The number of pyridine rings is 1. The van der Waals surface area contributed by atoms with Gasteiger partial charge in [0, 0.05) is 37.1 Å². The normalized spacial score (nSPS) is 16.7. The Bertz CT molecular complexity index is 708. The van der Waals surface area contributed by atoms with Crippen LogP contribution < -0.4 is 5.32 Å². The first-order valence-electron chi connectivity index (χ1n) is 9.18. The number of anilines is 1. The van der Waals surface area contributed by atoms with Crippen molar-refractivity contribution >= 4 is 16.7 Å². The van der Waals surface area contributed by atoms with E-state index in [1.807, 2.05) is 10.9 Å². The quantitative estimate of drug-likeness (QED) is 0.923. The fraction of sp³-hybridized carbons (Fsp3) is 0.684. The van der Waals surface area contributed by atoms with Gasteiger partial charge in [-0.1, -0.05) is 27.7 Å². The molecule has 1 aliphatic rings. The van der Waals surface area contributed by atoms with Crippen LogP contribution in [0.5, 0.6) is 0 Å². The molecule has 0 spiro atoms. The molecule has 3 heterocycles. The highest BCUT2D eigenvalue weighted by Gasteiger charge is 2.27. The molecule has 0 aromatic carbocycles. The molecular formula is C19H30N4O. The molecule has 1 saturated heterocycles. The molecule has 2 aromatic rings. The number of aryl methyl sites for hydroxylation is 2. The largest absolute Gasteiger partial charge is 0.381 e. The first kappa shape index (κ1) is 17.2. The van der Waals surface area contributed by atoms with Gasteiger partial charge >= 0.3 is 0 Å². The molecule has 3 rings (SSSR count). The molecule has 0 aliphatic carbocycles. The number of aromatic nitrogens is 3. The van der Waals surface area contributed by atoms with E-state index in [0.29, 0.717) is 6.04 Å². The summed E-state index contributed by atoms with van der Waals surface area (Å²) in [6, 6.07) is 0.458. The van der Waals surface area contributed by atoms with Gasteiger partial charge < -0.3 is 10.1 Å². The Kier molecular flexibility index (Phi) is 4.81. The van der Waals surface area contributed by atoms with Crippen molar-refractivity contribution in [3.05, 3.63) is 17.5 Å². The predicted molar refractivity (Wildman–Crippen MR) is 98.7 cm³/mol. The van der Waals surface area contributed by atoms with Gasteiger partial charge in [0.05, 0.1) is 17.3 Å². The van der Waals surface area contributed by atoms with Crippen LogP contribution in [0.15, 0.2) is 6.20 Å². The molecular weight excluding hydrogens is 300 g/mol. The summed E-state index contributed by atoms with van der Waals surface area (Å²) in [5.74, 6) is 0. The molecule has 132 valence electrons. The van der Waals surface area contributed by atoms with E-state index in [4.69, 9.17) is 9.72 Å². The molecule has 1 N–H and O–H groups in total. The Morgan fingerprint density at radius 2 is 1.96 bits per heavy atom. The van der Waals surface area contributed by atoms with E-state index in [0.717, 1.165) is 50.1 Å². The van der Waals surface area contributed by atoms with Crippen LogP contribution in [0.1, 0.15) is 58.7 Å². The monoisotopic (exact) mass is 330 g/mol. The highest BCUT2D eigenvalue weighted by Crippen LogP contribution is 2.38. The highest BCUT2D eigenvalue weighted by molar-refractivity contribution is 5.92. The van der Waals surface area contributed by atoms with Crippen molar-refractivity contribution < 1.29 is 4.74 Å². The number of nitrogens with one attached hydrogen (secondary N) is 1. The van der Waals surface area contributed by atoms with E-state index in [9.17, 15) is 0 Å². The smallest absolute Gasteiger partial charge is 0.160 e. The molecule has 0 radical (unpaired) electrons. The van der Waals surface area contributed by atoms with Crippen molar-refractivity contribution in [3.63, 3.8) is 0 Å². The van der Waals surface area contributed by atoms with Gasteiger partial charge in [0.1, 0.15) is 0 Å². The van der Waals surface area contributed by atoms with Crippen molar-refractivity contribution in [1.29, 1.82) is 0 Å².